The van der Waals surface area contributed by atoms with Crippen molar-refractivity contribution in [1.82, 2.24) is 0 Å². The molecule has 0 radical (unpaired) electrons. The minimum atomic E-state index is -0.614. The summed E-state index contributed by atoms with van der Waals surface area (Å²) in [7, 11) is 0. The fourth-order valence-corrected chi connectivity index (χ4v) is 4.92. The van der Waals surface area contributed by atoms with Crippen molar-refractivity contribution in [3.8, 4) is 0 Å². The molecule has 0 spiro atoms. The number of allylic oxidation sites excluding steroid dienone is 2. The van der Waals surface area contributed by atoms with E-state index in [4.69, 9.17) is 0 Å². The second-order valence-corrected chi connectivity index (χ2v) is 7.50. The van der Waals surface area contributed by atoms with E-state index in [-0.39, 0.29) is 22.1 Å². The van der Waals surface area contributed by atoms with Crippen LogP contribution >= 0.6 is 0 Å². The first kappa shape index (κ1) is 15.5. The first-order chi connectivity index (χ1) is 11.4. The van der Waals surface area contributed by atoms with Crippen molar-refractivity contribution in [2.24, 2.45) is 27.0 Å². The van der Waals surface area contributed by atoms with E-state index in [9.17, 15) is 8.78 Å². The van der Waals surface area contributed by atoms with E-state index < -0.39 is 11.6 Å². The third-order valence-electron chi connectivity index (χ3n) is 6.43. The topological polar surface area (TPSA) is 24.7 Å². The van der Waals surface area contributed by atoms with Gasteiger partial charge in [0.05, 0.1) is 11.3 Å². The lowest BCUT2D eigenvalue weighted by Crippen LogP contribution is -2.39. The Labute approximate surface area is 140 Å². The van der Waals surface area contributed by atoms with Gasteiger partial charge in [-0.15, -0.1) is 10.2 Å². The van der Waals surface area contributed by atoms with Gasteiger partial charge in [-0.25, -0.2) is 8.78 Å². The van der Waals surface area contributed by atoms with Gasteiger partial charge in [-0.1, -0.05) is 32.6 Å². The van der Waals surface area contributed by atoms with Crippen LogP contribution in [0.3, 0.4) is 0 Å². The molecule has 24 heavy (non-hydrogen) atoms. The van der Waals surface area contributed by atoms with Gasteiger partial charge < -0.3 is 0 Å². The Balaban J connectivity index is 1.90. The van der Waals surface area contributed by atoms with Crippen molar-refractivity contribution in [2.45, 2.75) is 40.0 Å². The lowest BCUT2D eigenvalue weighted by molar-refractivity contribution is 0.110. The summed E-state index contributed by atoms with van der Waals surface area (Å²) >= 11 is 0. The number of nitrogens with zero attached hydrogens (tertiary/aromatic N) is 2. The number of azo groups is 1. The molecule has 4 rings (SSSR count). The zero-order valence-electron chi connectivity index (χ0n) is 14.2. The molecule has 1 aliphatic heterocycles. The molecule has 2 aliphatic carbocycles. The summed E-state index contributed by atoms with van der Waals surface area (Å²) in [5, 5.41) is 8.63. The highest BCUT2D eigenvalue weighted by Gasteiger charge is 2.58. The first-order valence-electron chi connectivity index (χ1n) is 8.50. The molecule has 0 amide bonds. The van der Waals surface area contributed by atoms with Gasteiger partial charge in [0.1, 0.15) is 17.3 Å². The molecule has 4 heteroatoms. The van der Waals surface area contributed by atoms with Crippen LogP contribution in [0.4, 0.5) is 8.78 Å². The van der Waals surface area contributed by atoms with Crippen LogP contribution in [0, 0.1) is 28.4 Å². The Hall–Kier alpha value is -2.06. The van der Waals surface area contributed by atoms with Gasteiger partial charge in [0.2, 0.25) is 0 Å². The third kappa shape index (κ3) is 1.81. The molecule has 2 atom stereocenters. The zero-order chi connectivity index (χ0) is 17.1. The summed E-state index contributed by atoms with van der Waals surface area (Å²) in [5.41, 5.74) is 5.35. The Kier molecular flexibility index (Phi) is 3.20. The van der Waals surface area contributed by atoms with E-state index in [1.54, 1.807) is 6.08 Å². The second-order valence-electron chi connectivity index (χ2n) is 7.50. The summed E-state index contributed by atoms with van der Waals surface area (Å²) in [6.45, 7) is 6.72. The molecule has 3 aliphatic rings. The van der Waals surface area contributed by atoms with Crippen molar-refractivity contribution in [1.29, 1.82) is 0 Å². The number of rotatable bonds is 2. The molecule has 1 saturated carbocycles. The van der Waals surface area contributed by atoms with Crippen molar-refractivity contribution in [3.63, 3.8) is 0 Å². The van der Waals surface area contributed by atoms with Crippen LogP contribution in [0.25, 0.3) is 5.70 Å². The predicted octanol–water partition coefficient (Wildman–Crippen LogP) is 6.03. The molecule has 1 fully saturated rings. The lowest BCUT2D eigenvalue weighted by Gasteiger charge is -2.45. The van der Waals surface area contributed by atoms with Crippen LogP contribution in [-0.2, 0) is 0 Å². The highest BCUT2D eigenvalue weighted by molar-refractivity contribution is 5.69. The van der Waals surface area contributed by atoms with Gasteiger partial charge in [0.15, 0.2) is 0 Å². The Morgan fingerprint density at radius 1 is 1.21 bits per heavy atom. The maximum absolute atomic E-state index is 14.2. The van der Waals surface area contributed by atoms with Crippen molar-refractivity contribution < 1.29 is 8.78 Å². The van der Waals surface area contributed by atoms with E-state index in [0.29, 0.717) is 5.92 Å². The molecule has 1 heterocycles. The molecule has 1 aromatic rings. The minimum absolute atomic E-state index is 0.0381. The standard InChI is InChI=1S/C20H20F2N2/c1-4-20-9-8-13(19(20,2)3)12-10-16(23-24-17(20)11-12)18-14(21)6-5-7-15(18)22/h5-7,10,13H,4,8-9H2,1-3H3. The molecule has 0 saturated heterocycles. The SMILES string of the molecule is CCC12CCC(C3=C=C1N=NC(c1c(F)cccc1F)=C3)C2(C)C. The molecule has 124 valence electrons. The fourth-order valence-electron chi connectivity index (χ4n) is 4.92. The molecule has 4 bridgehead atoms. The molecular weight excluding hydrogens is 306 g/mol. The van der Waals surface area contributed by atoms with E-state index in [0.717, 1.165) is 30.5 Å². The average Bonchev–Trinajstić information content (AvgIpc) is 2.70. The lowest BCUT2D eigenvalue weighted by atomic mass is 9.58. The van der Waals surface area contributed by atoms with Crippen LogP contribution in [-0.4, -0.2) is 0 Å². The van der Waals surface area contributed by atoms with Gasteiger partial charge >= 0.3 is 0 Å². The normalized spacial score (nSPS) is 29.7. The Morgan fingerprint density at radius 3 is 2.58 bits per heavy atom. The van der Waals surface area contributed by atoms with Crippen LogP contribution in [0.15, 0.2) is 51.5 Å². The predicted molar refractivity (Wildman–Crippen MR) is 89.0 cm³/mol. The van der Waals surface area contributed by atoms with Crippen LogP contribution in [0.5, 0.6) is 0 Å². The van der Waals surface area contributed by atoms with Gasteiger partial charge in [-0.2, -0.15) is 0 Å². The monoisotopic (exact) mass is 326 g/mol. The Morgan fingerprint density at radius 2 is 1.92 bits per heavy atom. The first-order valence-corrected chi connectivity index (χ1v) is 8.50. The second kappa shape index (κ2) is 4.97. The summed E-state index contributed by atoms with van der Waals surface area (Å²) in [6, 6.07) is 3.86. The average molecular weight is 326 g/mol. The van der Waals surface area contributed by atoms with Gasteiger partial charge in [-0.05, 0) is 48.8 Å². The van der Waals surface area contributed by atoms with E-state index in [2.05, 4.69) is 36.7 Å². The highest BCUT2D eigenvalue weighted by Crippen LogP contribution is 2.66. The van der Waals surface area contributed by atoms with Crippen LogP contribution in [0.1, 0.15) is 45.6 Å². The van der Waals surface area contributed by atoms with Crippen molar-refractivity contribution in [3.05, 3.63) is 58.5 Å². The molecule has 0 N–H and O–H groups in total. The number of hydrogen-bond donors (Lipinski definition) is 0. The van der Waals surface area contributed by atoms with E-state index >= 15 is 0 Å². The molecular formula is C20H20F2N2. The fraction of sp³-hybridized carbons (Fsp3) is 0.450. The third-order valence-corrected chi connectivity index (χ3v) is 6.43. The highest BCUT2D eigenvalue weighted by atomic mass is 19.1. The summed E-state index contributed by atoms with van der Waals surface area (Å²) < 4.78 is 28.3. The summed E-state index contributed by atoms with van der Waals surface area (Å²) in [4.78, 5) is 0. The molecule has 2 nitrogen and oxygen atoms in total. The number of halogens is 2. The number of hydrogen-bond acceptors (Lipinski definition) is 2. The van der Waals surface area contributed by atoms with E-state index in [1.807, 2.05) is 0 Å². The van der Waals surface area contributed by atoms with Gasteiger partial charge in [0, 0.05) is 11.0 Å². The number of benzene rings is 1. The molecule has 1 aromatic carbocycles. The maximum Gasteiger partial charge on any atom is 0.135 e. The quantitative estimate of drug-likeness (QED) is 0.593. The van der Waals surface area contributed by atoms with Gasteiger partial charge in [0.25, 0.3) is 0 Å². The van der Waals surface area contributed by atoms with Crippen LogP contribution < -0.4 is 0 Å². The van der Waals surface area contributed by atoms with E-state index in [1.165, 1.54) is 18.2 Å². The number of fused-ring (bicyclic) bond motifs is 4. The zero-order valence-corrected chi connectivity index (χ0v) is 14.2. The summed E-state index contributed by atoms with van der Waals surface area (Å²) in [5.74, 6) is -0.914. The van der Waals surface area contributed by atoms with Crippen LogP contribution in [0.2, 0.25) is 0 Å². The Bertz CT molecular complexity index is 836. The molecule has 2 unspecified atom stereocenters. The van der Waals surface area contributed by atoms with Gasteiger partial charge in [-0.3, -0.25) is 0 Å². The summed E-state index contributed by atoms with van der Waals surface area (Å²) in [6.07, 6.45) is 4.85. The van der Waals surface area contributed by atoms with Crippen molar-refractivity contribution in [2.75, 3.05) is 0 Å². The smallest absolute Gasteiger partial charge is 0.135 e. The minimum Gasteiger partial charge on any atom is -0.206 e. The maximum atomic E-state index is 14.2. The molecule has 0 aromatic heterocycles. The van der Waals surface area contributed by atoms with Crippen molar-refractivity contribution >= 4 is 5.70 Å². The largest absolute Gasteiger partial charge is 0.206 e.